The van der Waals surface area contributed by atoms with Crippen LogP contribution in [0.15, 0.2) is 0 Å². The van der Waals surface area contributed by atoms with Crippen LogP contribution in [0.25, 0.3) is 0 Å². The van der Waals surface area contributed by atoms with Gasteiger partial charge >= 0.3 is 0 Å². The Kier molecular flexibility index (Phi) is 11.9. The summed E-state index contributed by atoms with van der Waals surface area (Å²) in [6.45, 7) is 3.71. The minimum absolute atomic E-state index is 0. The van der Waals surface area contributed by atoms with E-state index in [0.29, 0.717) is 0 Å². The average molecular weight is 177 g/mol. The first kappa shape index (κ1) is 16.2. The van der Waals surface area contributed by atoms with Gasteiger partial charge in [-0.15, -0.1) is 24.8 Å². The Morgan fingerprint density at radius 3 is 1.11 bits per heavy atom. The molecule has 0 aromatic rings. The topological polar surface area (TPSA) is 18.5 Å². The average Bonchev–Trinajstić information content (AvgIpc) is 1.68. The van der Waals surface area contributed by atoms with Crippen LogP contribution in [0.2, 0.25) is 0 Å². The molecule has 0 N–H and O–H groups in total. The molecule has 0 unspecified atom stereocenters. The lowest BCUT2D eigenvalue weighted by Gasteiger charge is -2.19. The van der Waals surface area contributed by atoms with Crippen LogP contribution in [0, 0.1) is 0 Å². The van der Waals surface area contributed by atoms with Crippen LogP contribution in [-0.4, -0.2) is 20.0 Å². The molecule has 0 aliphatic carbocycles. The maximum absolute atomic E-state index is 4.86. The van der Waals surface area contributed by atoms with Crippen LogP contribution < -0.4 is 0 Å². The zero-order valence-electron chi connectivity index (χ0n) is 6.13. The highest BCUT2D eigenvalue weighted by molar-refractivity contribution is 5.85. The van der Waals surface area contributed by atoms with Crippen molar-refractivity contribution in [2.75, 3.05) is 14.2 Å². The van der Waals surface area contributed by atoms with Crippen molar-refractivity contribution in [2.45, 2.75) is 19.6 Å². The summed E-state index contributed by atoms with van der Waals surface area (Å²) >= 11 is 0. The van der Waals surface area contributed by atoms with E-state index in [1.54, 1.807) is 14.2 Å². The number of methoxy groups -OCH3 is 2. The van der Waals surface area contributed by atoms with E-state index in [9.17, 15) is 0 Å². The first-order valence-corrected chi connectivity index (χ1v) is 2.22. The first-order valence-electron chi connectivity index (χ1n) is 2.22. The molecule has 0 aliphatic rings. The Bertz CT molecular complexity index is 50.9. The highest BCUT2D eigenvalue weighted by Gasteiger charge is 2.11. The Morgan fingerprint density at radius 2 is 1.11 bits per heavy atom. The molecule has 0 fully saturated rings. The zero-order chi connectivity index (χ0) is 5.91. The molecule has 2 nitrogen and oxygen atoms in total. The summed E-state index contributed by atoms with van der Waals surface area (Å²) < 4.78 is 9.73. The third-order valence-corrected chi connectivity index (χ3v) is 0.983. The van der Waals surface area contributed by atoms with E-state index in [2.05, 4.69) is 0 Å². The second-order valence-corrected chi connectivity index (χ2v) is 1.81. The summed E-state index contributed by atoms with van der Waals surface area (Å²) in [6.07, 6.45) is 0. The van der Waals surface area contributed by atoms with Crippen LogP contribution in [0.1, 0.15) is 13.8 Å². The van der Waals surface area contributed by atoms with Gasteiger partial charge in [-0.25, -0.2) is 0 Å². The Hall–Kier alpha value is 0.500. The van der Waals surface area contributed by atoms with Gasteiger partial charge in [0, 0.05) is 14.2 Å². The largest absolute Gasteiger partial charge is 0.354 e. The molecule has 60 valence electrons. The molecule has 0 saturated heterocycles. The van der Waals surface area contributed by atoms with Gasteiger partial charge in [0.2, 0.25) is 0 Å². The van der Waals surface area contributed by atoms with Crippen molar-refractivity contribution in [3.05, 3.63) is 0 Å². The van der Waals surface area contributed by atoms with Crippen LogP contribution in [0.4, 0.5) is 0 Å². The van der Waals surface area contributed by atoms with Gasteiger partial charge in [0.15, 0.2) is 5.79 Å². The molecule has 0 heterocycles. The van der Waals surface area contributed by atoms with Crippen molar-refractivity contribution in [3.63, 3.8) is 0 Å². The van der Waals surface area contributed by atoms with E-state index in [4.69, 9.17) is 9.47 Å². The van der Waals surface area contributed by atoms with Gasteiger partial charge in [-0.05, 0) is 13.8 Å². The molecule has 0 aromatic heterocycles. The Labute approximate surface area is 68.7 Å². The van der Waals surface area contributed by atoms with Crippen molar-refractivity contribution in [3.8, 4) is 0 Å². The molecule has 0 atom stereocenters. The molecule has 0 bridgehead atoms. The van der Waals surface area contributed by atoms with Gasteiger partial charge in [-0.3, -0.25) is 0 Å². The maximum atomic E-state index is 4.86. The zero-order valence-corrected chi connectivity index (χ0v) is 7.77. The van der Waals surface area contributed by atoms with Crippen molar-refractivity contribution >= 4 is 24.8 Å². The summed E-state index contributed by atoms with van der Waals surface area (Å²) in [7, 11) is 3.23. The van der Waals surface area contributed by atoms with Gasteiger partial charge in [0.1, 0.15) is 0 Å². The predicted octanol–water partition coefficient (Wildman–Crippen LogP) is 1.86. The van der Waals surface area contributed by atoms with Crippen molar-refractivity contribution in [2.24, 2.45) is 0 Å². The van der Waals surface area contributed by atoms with E-state index >= 15 is 0 Å². The first-order chi connectivity index (χ1) is 3.12. The molecule has 0 spiro atoms. The number of hydrogen-bond donors (Lipinski definition) is 0. The van der Waals surface area contributed by atoms with Crippen molar-refractivity contribution in [1.82, 2.24) is 0 Å². The van der Waals surface area contributed by atoms with Gasteiger partial charge in [-0.1, -0.05) is 0 Å². The van der Waals surface area contributed by atoms with E-state index in [1.165, 1.54) is 0 Å². The minimum atomic E-state index is -0.417. The molecular weight excluding hydrogens is 163 g/mol. The van der Waals surface area contributed by atoms with Crippen molar-refractivity contribution in [1.29, 1.82) is 0 Å². The maximum Gasteiger partial charge on any atom is 0.161 e. The number of hydrogen-bond acceptors (Lipinski definition) is 2. The number of halogens is 2. The SMILES string of the molecule is COC(C)(C)OC.Cl.Cl. The van der Waals surface area contributed by atoms with E-state index in [0.717, 1.165) is 0 Å². The van der Waals surface area contributed by atoms with Gasteiger partial charge in [0.25, 0.3) is 0 Å². The van der Waals surface area contributed by atoms with Crippen LogP contribution >= 0.6 is 24.8 Å². The third kappa shape index (κ3) is 8.50. The fourth-order valence-electron chi connectivity index (χ4n) is 0.0833. The molecule has 0 radical (unpaired) electrons. The van der Waals surface area contributed by atoms with Crippen molar-refractivity contribution < 1.29 is 9.47 Å². The van der Waals surface area contributed by atoms with E-state index in [1.807, 2.05) is 13.8 Å². The predicted molar refractivity (Wildman–Crippen MR) is 42.6 cm³/mol. The second kappa shape index (κ2) is 6.62. The summed E-state index contributed by atoms with van der Waals surface area (Å²) in [4.78, 5) is 0. The number of ether oxygens (including phenoxy) is 2. The highest BCUT2D eigenvalue weighted by atomic mass is 35.5. The quantitative estimate of drug-likeness (QED) is 0.599. The standard InChI is InChI=1S/C5H12O2.2ClH/c1-5(2,6-3)7-4;;/h1-4H3;2*1H. The summed E-state index contributed by atoms with van der Waals surface area (Å²) in [6, 6.07) is 0. The summed E-state index contributed by atoms with van der Waals surface area (Å²) in [5.74, 6) is -0.417. The van der Waals surface area contributed by atoms with Crippen LogP contribution in [-0.2, 0) is 9.47 Å². The molecule has 4 heteroatoms. The molecule has 0 amide bonds. The van der Waals surface area contributed by atoms with Crippen LogP contribution in [0.3, 0.4) is 0 Å². The molecular formula is C5H14Cl2O2. The van der Waals surface area contributed by atoms with E-state index in [-0.39, 0.29) is 24.8 Å². The monoisotopic (exact) mass is 176 g/mol. The van der Waals surface area contributed by atoms with Gasteiger partial charge in [0.05, 0.1) is 0 Å². The molecule has 0 aliphatic heterocycles. The minimum Gasteiger partial charge on any atom is -0.354 e. The van der Waals surface area contributed by atoms with E-state index < -0.39 is 5.79 Å². The fraction of sp³-hybridized carbons (Fsp3) is 1.00. The van der Waals surface area contributed by atoms with Crippen LogP contribution in [0.5, 0.6) is 0 Å². The molecule has 0 aromatic carbocycles. The smallest absolute Gasteiger partial charge is 0.161 e. The Balaban J connectivity index is -0.000000180. The summed E-state index contributed by atoms with van der Waals surface area (Å²) in [5, 5.41) is 0. The number of rotatable bonds is 2. The lowest BCUT2D eigenvalue weighted by molar-refractivity contribution is -0.178. The van der Waals surface area contributed by atoms with Gasteiger partial charge < -0.3 is 9.47 Å². The molecule has 9 heavy (non-hydrogen) atoms. The summed E-state index contributed by atoms with van der Waals surface area (Å²) in [5.41, 5.74) is 0. The fourth-order valence-corrected chi connectivity index (χ4v) is 0.0833. The van der Waals surface area contributed by atoms with Gasteiger partial charge in [-0.2, -0.15) is 0 Å². The normalized spacial score (nSPS) is 9.33. The Morgan fingerprint density at radius 1 is 0.889 bits per heavy atom. The molecule has 0 rings (SSSR count). The molecule has 0 saturated carbocycles. The lowest BCUT2D eigenvalue weighted by Crippen LogP contribution is -2.24. The highest BCUT2D eigenvalue weighted by Crippen LogP contribution is 2.05. The lowest BCUT2D eigenvalue weighted by atomic mass is 10.4. The third-order valence-electron chi connectivity index (χ3n) is 0.983. The second-order valence-electron chi connectivity index (χ2n) is 1.81.